The van der Waals surface area contributed by atoms with Crippen molar-refractivity contribution in [3.05, 3.63) is 66.0 Å². The van der Waals surface area contributed by atoms with E-state index < -0.39 is 21.9 Å². The molecule has 0 heterocycles. The third kappa shape index (κ3) is 4.79. The smallest absolute Gasteiger partial charge is 0.246 e. The van der Waals surface area contributed by atoms with Gasteiger partial charge in [0.1, 0.15) is 11.9 Å². The van der Waals surface area contributed by atoms with Gasteiger partial charge in [0, 0.05) is 13.6 Å². The number of rotatable bonds is 6. The maximum absolute atomic E-state index is 13.1. The fourth-order valence-corrected chi connectivity index (χ4v) is 3.81. The maximum Gasteiger partial charge on any atom is 0.246 e. The molecule has 25 heavy (non-hydrogen) atoms. The fourth-order valence-electron chi connectivity index (χ4n) is 2.64. The lowest BCUT2D eigenvalue weighted by molar-refractivity contribution is -0.131. The molecule has 2 rings (SSSR count). The minimum Gasteiger partial charge on any atom is -0.340 e. The Morgan fingerprint density at radius 1 is 1.08 bits per heavy atom. The van der Waals surface area contributed by atoms with E-state index in [1.54, 1.807) is 7.05 Å². The number of anilines is 1. The minimum absolute atomic E-state index is 0.248. The Kier molecular flexibility index (Phi) is 5.79. The number of carbonyl (C=O) groups is 1. The zero-order chi connectivity index (χ0) is 18.6. The molecule has 0 bridgehead atoms. The van der Waals surface area contributed by atoms with Crippen molar-refractivity contribution in [1.82, 2.24) is 4.90 Å². The normalized spacial score (nSPS) is 12.5. The Balaban J connectivity index is 2.25. The van der Waals surface area contributed by atoms with Crippen LogP contribution in [0.5, 0.6) is 0 Å². The van der Waals surface area contributed by atoms with Crippen molar-refractivity contribution in [2.45, 2.75) is 19.5 Å². The minimum atomic E-state index is -3.72. The highest BCUT2D eigenvalue weighted by Gasteiger charge is 2.30. The van der Waals surface area contributed by atoms with E-state index in [0.717, 1.165) is 16.1 Å². The van der Waals surface area contributed by atoms with Crippen molar-refractivity contribution in [2.24, 2.45) is 0 Å². The summed E-state index contributed by atoms with van der Waals surface area (Å²) in [6.45, 7) is 1.89. The Hall–Kier alpha value is -2.41. The number of benzene rings is 2. The van der Waals surface area contributed by atoms with Crippen LogP contribution in [0.2, 0.25) is 0 Å². The van der Waals surface area contributed by atoms with Crippen molar-refractivity contribution < 1.29 is 17.6 Å². The first-order chi connectivity index (χ1) is 11.7. The van der Waals surface area contributed by atoms with E-state index in [1.807, 2.05) is 30.3 Å². The van der Waals surface area contributed by atoms with Gasteiger partial charge in [-0.15, -0.1) is 0 Å². The Morgan fingerprint density at radius 2 is 1.64 bits per heavy atom. The number of amides is 1. The van der Waals surface area contributed by atoms with Gasteiger partial charge in [-0.1, -0.05) is 30.3 Å². The molecular weight excluding hydrogens is 343 g/mol. The predicted octanol–water partition coefficient (Wildman–Crippen LogP) is 2.64. The summed E-state index contributed by atoms with van der Waals surface area (Å²) in [7, 11) is -2.10. The molecule has 0 saturated heterocycles. The highest BCUT2D eigenvalue weighted by Crippen LogP contribution is 2.22. The van der Waals surface area contributed by atoms with Crippen molar-refractivity contribution >= 4 is 21.6 Å². The number of sulfonamides is 1. The van der Waals surface area contributed by atoms with E-state index in [4.69, 9.17) is 0 Å². The number of hydrogen-bond donors (Lipinski definition) is 0. The average Bonchev–Trinajstić information content (AvgIpc) is 2.55. The molecule has 0 radical (unpaired) electrons. The summed E-state index contributed by atoms with van der Waals surface area (Å²) in [6, 6.07) is 13.5. The van der Waals surface area contributed by atoms with Crippen molar-refractivity contribution in [2.75, 3.05) is 17.6 Å². The van der Waals surface area contributed by atoms with Gasteiger partial charge in [0.05, 0.1) is 11.9 Å². The first-order valence-electron chi connectivity index (χ1n) is 7.74. The Morgan fingerprint density at radius 3 is 2.16 bits per heavy atom. The van der Waals surface area contributed by atoms with Crippen LogP contribution in [0.4, 0.5) is 10.1 Å². The molecule has 1 amide bonds. The summed E-state index contributed by atoms with van der Waals surface area (Å²) in [6.07, 6.45) is 1.03. The van der Waals surface area contributed by atoms with Gasteiger partial charge in [-0.05, 0) is 36.8 Å². The van der Waals surface area contributed by atoms with Crippen LogP contribution in [-0.4, -0.2) is 38.6 Å². The van der Waals surface area contributed by atoms with Crippen molar-refractivity contribution in [3.63, 3.8) is 0 Å². The number of likely N-dealkylation sites (N-methyl/N-ethyl adjacent to an activating group) is 1. The van der Waals surface area contributed by atoms with Crippen LogP contribution in [0.15, 0.2) is 54.6 Å². The molecule has 0 unspecified atom stereocenters. The molecule has 0 saturated carbocycles. The largest absolute Gasteiger partial charge is 0.340 e. The van der Waals surface area contributed by atoms with Crippen LogP contribution in [-0.2, 0) is 21.4 Å². The number of hydrogen-bond acceptors (Lipinski definition) is 3. The molecule has 134 valence electrons. The summed E-state index contributed by atoms with van der Waals surface area (Å²) in [4.78, 5) is 14.2. The predicted molar refractivity (Wildman–Crippen MR) is 96.1 cm³/mol. The summed E-state index contributed by atoms with van der Waals surface area (Å²) < 4.78 is 38.6. The van der Waals surface area contributed by atoms with Gasteiger partial charge in [0.15, 0.2) is 0 Å². The molecule has 0 aromatic heterocycles. The van der Waals surface area contributed by atoms with Crippen LogP contribution in [0.1, 0.15) is 12.5 Å². The molecule has 2 aromatic carbocycles. The average molecular weight is 364 g/mol. The highest BCUT2D eigenvalue weighted by atomic mass is 32.2. The second-order valence-corrected chi connectivity index (χ2v) is 7.75. The standard InChI is InChI=1S/C18H21FN2O3S/c1-14(18(22)20(2)13-15-7-5-4-6-8-15)21(25(3,23)24)17-11-9-16(19)10-12-17/h4-12,14H,13H2,1-3H3/t14-/m1/s1. The third-order valence-corrected chi connectivity index (χ3v) is 5.03. The van der Waals surface area contributed by atoms with Crippen LogP contribution in [0.25, 0.3) is 0 Å². The second kappa shape index (κ2) is 7.65. The zero-order valence-corrected chi connectivity index (χ0v) is 15.2. The quantitative estimate of drug-likeness (QED) is 0.792. The lowest BCUT2D eigenvalue weighted by atomic mass is 10.2. The van der Waals surface area contributed by atoms with Gasteiger partial charge in [-0.3, -0.25) is 9.10 Å². The molecule has 7 heteroatoms. The summed E-state index contributed by atoms with van der Waals surface area (Å²) in [5, 5.41) is 0. The van der Waals surface area contributed by atoms with Crippen molar-refractivity contribution in [3.8, 4) is 0 Å². The SMILES string of the molecule is C[C@H](C(=O)N(C)Cc1ccccc1)N(c1ccc(F)cc1)S(C)(=O)=O. The van der Waals surface area contributed by atoms with E-state index in [2.05, 4.69) is 0 Å². The molecule has 0 N–H and O–H groups in total. The molecule has 0 aliphatic carbocycles. The van der Waals surface area contributed by atoms with Gasteiger partial charge in [-0.25, -0.2) is 12.8 Å². The summed E-state index contributed by atoms with van der Waals surface area (Å²) in [5.74, 6) is -0.823. The van der Waals surface area contributed by atoms with E-state index in [0.29, 0.717) is 6.54 Å². The molecule has 2 aromatic rings. The van der Waals surface area contributed by atoms with Crippen LogP contribution < -0.4 is 4.31 Å². The molecule has 0 fully saturated rings. The molecule has 1 atom stereocenters. The van der Waals surface area contributed by atoms with E-state index in [-0.39, 0.29) is 11.6 Å². The number of nitrogens with zero attached hydrogens (tertiary/aromatic N) is 2. The molecule has 0 aliphatic rings. The maximum atomic E-state index is 13.1. The van der Waals surface area contributed by atoms with E-state index in [1.165, 1.54) is 36.1 Å². The van der Waals surface area contributed by atoms with Gasteiger partial charge in [0.2, 0.25) is 15.9 Å². The fraction of sp³-hybridized carbons (Fsp3) is 0.278. The highest BCUT2D eigenvalue weighted by molar-refractivity contribution is 7.92. The third-order valence-electron chi connectivity index (χ3n) is 3.79. The first-order valence-corrected chi connectivity index (χ1v) is 9.59. The van der Waals surface area contributed by atoms with Crippen molar-refractivity contribution in [1.29, 1.82) is 0 Å². The van der Waals surface area contributed by atoms with Gasteiger partial charge in [-0.2, -0.15) is 0 Å². The lowest BCUT2D eigenvalue weighted by Gasteiger charge is -2.31. The van der Waals surface area contributed by atoms with Gasteiger partial charge in [0.25, 0.3) is 0 Å². The number of carbonyl (C=O) groups excluding carboxylic acids is 1. The van der Waals surface area contributed by atoms with Crippen LogP contribution >= 0.6 is 0 Å². The molecule has 0 spiro atoms. The van der Waals surface area contributed by atoms with Crippen LogP contribution in [0, 0.1) is 5.82 Å². The molecular formula is C18H21FN2O3S. The lowest BCUT2D eigenvalue weighted by Crippen LogP contribution is -2.48. The van der Waals surface area contributed by atoms with E-state index in [9.17, 15) is 17.6 Å². The number of halogens is 1. The molecule has 0 aliphatic heterocycles. The van der Waals surface area contributed by atoms with Crippen LogP contribution in [0.3, 0.4) is 0 Å². The van der Waals surface area contributed by atoms with E-state index >= 15 is 0 Å². The first kappa shape index (κ1) is 18.9. The monoisotopic (exact) mass is 364 g/mol. The summed E-state index contributed by atoms with van der Waals surface area (Å²) >= 11 is 0. The van der Waals surface area contributed by atoms with Gasteiger partial charge >= 0.3 is 0 Å². The molecule has 5 nitrogen and oxygen atoms in total. The summed E-state index contributed by atoms with van der Waals surface area (Å²) in [5.41, 5.74) is 1.19. The Labute approximate surface area is 147 Å². The topological polar surface area (TPSA) is 57.7 Å². The second-order valence-electron chi connectivity index (χ2n) is 5.89. The zero-order valence-electron chi connectivity index (χ0n) is 14.4. The van der Waals surface area contributed by atoms with Gasteiger partial charge < -0.3 is 4.90 Å². The Bertz CT molecular complexity index is 823.